The van der Waals surface area contributed by atoms with Gasteiger partial charge in [-0.05, 0) is 19.3 Å². The molecule has 39 heavy (non-hydrogen) atoms. The minimum absolute atomic E-state index is 0.0969. The summed E-state index contributed by atoms with van der Waals surface area (Å²) in [6, 6.07) is 1.80. The Bertz CT molecular complexity index is 1670. The average Bonchev–Trinajstić information content (AvgIpc) is 3.66. The molecule has 0 aromatic carbocycles. The van der Waals surface area contributed by atoms with Crippen LogP contribution in [0.3, 0.4) is 0 Å². The molecule has 5 aromatic heterocycles. The molecule has 2 unspecified atom stereocenters. The molecule has 5 aromatic rings. The van der Waals surface area contributed by atoms with Crippen molar-refractivity contribution < 1.29 is 18.6 Å². The van der Waals surface area contributed by atoms with Crippen LogP contribution >= 0.6 is 0 Å². The number of nitrogens with zero attached hydrogens (tertiary/aromatic N) is 8. The second kappa shape index (κ2) is 9.26. The summed E-state index contributed by atoms with van der Waals surface area (Å²) >= 11 is 0. The van der Waals surface area contributed by atoms with Gasteiger partial charge in [0.1, 0.15) is 11.0 Å². The van der Waals surface area contributed by atoms with E-state index in [0.717, 1.165) is 25.0 Å². The van der Waals surface area contributed by atoms with Crippen LogP contribution < -0.4 is 10.1 Å². The van der Waals surface area contributed by atoms with E-state index in [2.05, 4.69) is 46.1 Å². The van der Waals surface area contributed by atoms with E-state index in [4.69, 9.17) is 9.84 Å². The Hall–Kier alpha value is -4.13. The van der Waals surface area contributed by atoms with Gasteiger partial charge in [0.25, 0.3) is 6.43 Å². The van der Waals surface area contributed by atoms with Crippen LogP contribution in [-0.2, 0) is 12.5 Å². The van der Waals surface area contributed by atoms with E-state index in [-0.39, 0.29) is 39.7 Å². The van der Waals surface area contributed by atoms with E-state index >= 15 is 0 Å². The normalized spacial score (nSPS) is 18.1. The standard InChI is InChI=1S/C26H29F2N9O2/c1-26(2,3)19-10-20(34-37(19)14-6-5-7-16(14)38)32-25-33-24-22(35(25)4)21(23(27)28)18(12-30-24)39-17-13-31-36-9-8-29-11-15(17)36/h8-14,16,23,38H,5-7H2,1-4H3,(H,30,32,33,34). The highest BCUT2D eigenvalue weighted by Gasteiger charge is 2.33. The molecule has 0 amide bonds. The van der Waals surface area contributed by atoms with Crippen LogP contribution in [0.2, 0.25) is 0 Å². The first-order chi connectivity index (χ1) is 18.6. The topological polar surface area (TPSA) is 120 Å². The van der Waals surface area contributed by atoms with Crippen molar-refractivity contribution in [2.45, 2.75) is 64.0 Å². The third-order valence-electron chi connectivity index (χ3n) is 7.13. The molecule has 0 radical (unpaired) electrons. The Labute approximate surface area is 222 Å². The molecule has 1 aliphatic rings. The van der Waals surface area contributed by atoms with Crippen molar-refractivity contribution in [2.24, 2.45) is 7.05 Å². The molecule has 0 spiro atoms. The summed E-state index contributed by atoms with van der Waals surface area (Å²) in [4.78, 5) is 12.8. The van der Waals surface area contributed by atoms with Gasteiger partial charge in [0, 0.05) is 36.6 Å². The fraction of sp³-hybridized carbons (Fsp3) is 0.423. The summed E-state index contributed by atoms with van der Waals surface area (Å²) in [6.45, 7) is 6.25. The van der Waals surface area contributed by atoms with Gasteiger partial charge in [-0.2, -0.15) is 15.2 Å². The largest absolute Gasteiger partial charge is 0.451 e. The fourth-order valence-electron chi connectivity index (χ4n) is 5.18. The van der Waals surface area contributed by atoms with Gasteiger partial charge in [-0.1, -0.05) is 20.8 Å². The van der Waals surface area contributed by atoms with Crippen LogP contribution in [0.15, 0.2) is 37.1 Å². The van der Waals surface area contributed by atoms with Crippen molar-refractivity contribution in [1.82, 2.24) is 38.9 Å². The summed E-state index contributed by atoms with van der Waals surface area (Å²) in [5.74, 6) is 0.988. The van der Waals surface area contributed by atoms with Gasteiger partial charge in [0.05, 0.1) is 36.3 Å². The highest BCUT2D eigenvalue weighted by molar-refractivity contribution is 5.82. The third-order valence-corrected chi connectivity index (χ3v) is 7.13. The SMILES string of the molecule is Cn1c(Nc2cc(C(C)(C)C)n(C3CCCC3O)n2)nc2ncc(Oc3cnn4ccncc34)c(C(F)F)c21. The zero-order valence-electron chi connectivity index (χ0n) is 22.0. The van der Waals surface area contributed by atoms with Crippen LogP contribution in [0, 0.1) is 0 Å². The number of halogens is 2. The smallest absolute Gasteiger partial charge is 0.269 e. The molecule has 6 rings (SSSR count). The van der Waals surface area contributed by atoms with Crippen LogP contribution in [0.1, 0.15) is 63.8 Å². The monoisotopic (exact) mass is 537 g/mol. The Morgan fingerprint density at radius 3 is 2.69 bits per heavy atom. The van der Waals surface area contributed by atoms with Gasteiger partial charge < -0.3 is 19.7 Å². The average molecular weight is 538 g/mol. The van der Waals surface area contributed by atoms with Crippen LogP contribution in [-0.4, -0.2) is 50.1 Å². The van der Waals surface area contributed by atoms with Crippen molar-refractivity contribution >= 4 is 28.4 Å². The predicted octanol–water partition coefficient (Wildman–Crippen LogP) is 5.06. The molecule has 2 atom stereocenters. The number of fused-ring (bicyclic) bond motifs is 2. The van der Waals surface area contributed by atoms with E-state index in [1.54, 1.807) is 19.4 Å². The van der Waals surface area contributed by atoms with Gasteiger partial charge in [-0.15, -0.1) is 0 Å². The third kappa shape index (κ3) is 4.36. The van der Waals surface area contributed by atoms with E-state index in [1.165, 1.54) is 27.7 Å². The molecular weight excluding hydrogens is 508 g/mol. The summed E-state index contributed by atoms with van der Waals surface area (Å²) in [6.07, 6.45) is 6.61. The lowest BCUT2D eigenvalue weighted by atomic mass is 9.91. The Morgan fingerprint density at radius 2 is 1.97 bits per heavy atom. The summed E-state index contributed by atoms with van der Waals surface area (Å²) < 4.78 is 39.8. The second-order valence-electron chi connectivity index (χ2n) is 10.8. The van der Waals surface area contributed by atoms with E-state index in [1.807, 2.05) is 10.7 Å². The quantitative estimate of drug-likeness (QED) is 0.308. The van der Waals surface area contributed by atoms with Gasteiger partial charge in [-0.3, -0.25) is 9.67 Å². The first-order valence-corrected chi connectivity index (χ1v) is 12.8. The number of ether oxygens (including phenoxy) is 1. The van der Waals surface area contributed by atoms with Crippen molar-refractivity contribution in [3.8, 4) is 11.5 Å². The van der Waals surface area contributed by atoms with E-state index < -0.39 is 12.5 Å². The molecule has 1 aliphatic carbocycles. The number of aromatic nitrogens is 8. The number of anilines is 2. The molecule has 5 heterocycles. The van der Waals surface area contributed by atoms with Crippen molar-refractivity contribution in [1.29, 1.82) is 0 Å². The van der Waals surface area contributed by atoms with E-state index in [0.29, 0.717) is 17.3 Å². The van der Waals surface area contributed by atoms with Crippen molar-refractivity contribution in [3.05, 3.63) is 48.3 Å². The minimum Gasteiger partial charge on any atom is -0.451 e. The summed E-state index contributed by atoms with van der Waals surface area (Å²) in [5.41, 5.74) is 1.21. The molecule has 0 aliphatic heterocycles. The number of alkyl halides is 2. The Balaban J connectivity index is 1.39. The lowest BCUT2D eigenvalue weighted by Crippen LogP contribution is -2.26. The first-order valence-electron chi connectivity index (χ1n) is 12.8. The minimum atomic E-state index is -2.86. The van der Waals surface area contributed by atoms with Crippen LogP contribution in [0.25, 0.3) is 16.7 Å². The number of hydrogen-bond acceptors (Lipinski definition) is 8. The Morgan fingerprint density at radius 1 is 1.15 bits per heavy atom. The highest BCUT2D eigenvalue weighted by atomic mass is 19.3. The number of hydrogen-bond donors (Lipinski definition) is 2. The maximum absolute atomic E-state index is 14.5. The Kier molecular flexibility index (Phi) is 5.97. The number of aliphatic hydroxyl groups excluding tert-OH is 1. The molecule has 13 heteroatoms. The lowest BCUT2D eigenvalue weighted by Gasteiger charge is -2.25. The molecule has 2 N–H and O–H groups in total. The second-order valence-corrected chi connectivity index (χ2v) is 10.8. The lowest BCUT2D eigenvalue weighted by molar-refractivity contribution is 0.127. The van der Waals surface area contributed by atoms with Gasteiger partial charge in [-0.25, -0.2) is 18.3 Å². The maximum atomic E-state index is 14.5. The molecule has 11 nitrogen and oxygen atoms in total. The fourth-order valence-corrected chi connectivity index (χ4v) is 5.18. The zero-order valence-corrected chi connectivity index (χ0v) is 22.0. The van der Waals surface area contributed by atoms with Gasteiger partial charge in [0.2, 0.25) is 5.95 Å². The van der Waals surface area contributed by atoms with Crippen molar-refractivity contribution in [2.75, 3.05) is 5.32 Å². The van der Waals surface area contributed by atoms with E-state index in [9.17, 15) is 13.9 Å². The summed E-state index contributed by atoms with van der Waals surface area (Å²) in [5, 5.41) is 22.6. The van der Waals surface area contributed by atoms with Gasteiger partial charge in [0.15, 0.2) is 23.0 Å². The highest BCUT2D eigenvalue weighted by Crippen LogP contribution is 2.40. The van der Waals surface area contributed by atoms with Crippen LogP contribution in [0.5, 0.6) is 11.5 Å². The molecule has 1 saturated carbocycles. The number of imidazole rings is 1. The van der Waals surface area contributed by atoms with Gasteiger partial charge >= 0.3 is 0 Å². The number of rotatable bonds is 6. The first kappa shape index (κ1) is 25.2. The maximum Gasteiger partial charge on any atom is 0.269 e. The number of aliphatic hydroxyl groups is 1. The number of pyridine rings is 1. The molecule has 204 valence electrons. The molecule has 0 bridgehead atoms. The molecule has 1 fully saturated rings. The number of nitrogens with one attached hydrogen (secondary N) is 1. The summed E-state index contributed by atoms with van der Waals surface area (Å²) in [7, 11) is 1.64. The predicted molar refractivity (Wildman–Crippen MR) is 140 cm³/mol. The molecule has 0 saturated heterocycles. The van der Waals surface area contributed by atoms with Crippen molar-refractivity contribution in [3.63, 3.8) is 0 Å². The molecular formula is C26H29F2N9O2. The van der Waals surface area contributed by atoms with Crippen LogP contribution in [0.4, 0.5) is 20.5 Å². The number of aryl methyl sites for hydroxylation is 1. The zero-order chi connectivity index (χ0) is 27.5.